The summed E-state index contributed by atoms with van der Waals surface area (Å²) in [4.78, 5) is 71.2. The van der Waals surface area contributed by atoms with Crippen LogP contribution in [0.2, 0.25) is 0 Å². The summed E-state index contributed by atoms with van der Waals surface area (Å²) < 4.78 is 77.3. The van der Waals surface area contributed by atoms with Crippen molar-refractivity contribution in [3.63, 3.8) is 0 Å². The molecule has 5 amide bonds. The second-order valence-electron chi connectivity index (χ2n) is 16.5. The lowest BCUT2D eigenvalue weighted by Gasteiger charge is -2.32. The molecule has 21 heteroatoms. The molecule has 1 aliphatic rings. The molecular weight excluding hydrogens is 922 g/mol. The highest BCUT2D eigenvalue weighted by Crippen LogP contribution is 2.40. The van der Waals surface area contributed by atoms with Crippen LogP contribution in [0.15, 0.2) is 84.9 Å². The zero-order valence-electron chi connectivity index (χ0n) is 38.6. The van der Waals surface area contributed by atoms with E-state index in [1.54, 1.807) is 30.3 Å². The van der Waals surface area contributed by atoms with E-state index in [1.165, 1.54) is 49.9 Å². The van der Waals surface area contributed by atoms with Crippen LogP contribution in [0.5, 0.6) is 11.5 Å². The summed E-state index contributed by atoms with van der Waals surface area (Å²) in [6.45, 7) is 3.70. The summed E-state index contributed by atoms with van der Waals surface area (Å²) >= 11 is 0. The number of halogens is 3. The fraction of sp³-hybridized carbons (Fsp3) is 0.396. The number of alkyl halides is 3. The molecule has 1 heterocycles. The number of nitrogens with zero attached hydrogens (tertiary/aromatic N) is 1. The van der Waals surface area contributed by atoms with Gasteiger partial charge >= 0.3 is 15.5 Å². The minimum absolute atomic E-state index is 0.00854. The first-order valence-electron chi connectivity index (χ1n) is 22.5. The Morgan fingerprint density at radius 1 is 0.812 bits per heavy atom. The molecule has 4 aromatic rings. The number of aryl methyl sites for hydroxylation is 1. The maximum absolute atomic E-state index is 14.7. The highest BCUT2D eigenvalue weighted by Gasteiger charge is 2.48. The van der Waals surface area contributed by atoms with Crippen LogP contribution in [-0.4, -0.2) is 106 Å². The SMILES string of the molecule is CCCCc1ccc(-c2ccc(C(=O)NC(CCCN)C(=O)N(C)C3C(=O)NC(C)C(=O)NC(C(=O)NS(=O)(=O)C(F)(F)F)Cc4ccc(OCCN)c(c4)-c4cc3ccc4OCCN)cc2)cc1. The van der Waals surface area contributed by atoms with Gasteiger partial charge < -0.3 is 47.5 Å². The summed E-state index contributed by atoms with van der Waals surface area (Å²) in [5, 5.41) is 7.59. The van der Waals surface area contributed by atoms with Gasteiger partial charge in [0.05, 0.1) is 0 Å². The number of carbonyl (C=O) groups is 5. The molecule has 4 aromatic carbocycles. The third-order valence-corrected chi connectivity index (χ3v) is 12.4. The van der Waals surface area contributed by atoms with Crippen LogP contribution in [0.1, 0.15) is 72.6 Å². The number of ether oxygens (including phenoxy) is 2. The van der Waals surface area contributed by atoms with E-state index in [2.05, 4.69) is 35.0 Å². The zero-order chi connectivity index (χ0) is 50.5. The van der Waals surface area contributed by atoms with Gasteiger partial charge in [-0.15, -0.1) is 0 Å². The number of nitrogens with one attached hydrogen (secondary N) is 4. The molecule has 0 saturated heterocycles. The van der Waals surface area contributed by atoms with Gasteiger partial charge in [0, 0.05) is 43.2 Å². The average Bonchev–Trinajstić information content (AvgIpc) is 3.32. The van der Waals surface area contributed by atoms with Crippen LogP contribution in [-0.2, 0) is 42.0 Å². The number of nitrogens with two attached hydrogens (primary N) is 3. The number of likely N-dealkylation sites (N-methyl/N-ethyl adjacent to an activating group) is 1. The van der Waals surface area contributed by atoms with E-state index in [-0.39, 0.29) is 78.6 Å². The molecule has 0 fully saturated rings. The molecule has 4 atom stereocenters. The second kappa shape index (κ2) is 24.1. The van der Waals surface area contributed by atoms with Crippen molar-refractivity contribution in [3.8, 4) is 33.8 Å². The molecule has 69 heavy (non-hydrogen) atoms. The van der Waals surface area contributed by atoms with Crippen molar-refractivity contribution >= 4 is 39.6 Å². The van der Waals surface area contributed by atoms with Gasteiger partial charge in [0.2, 0.25) is 17.7 Å². The molecule has 10 N–H and O–H groups in total. The van der Waals surface area contributed by atoms with E-state index in [0.29, 0.717) is 6.42 Å². The Labute approximate surface area is 399 Å². The van der Waals surface area contributed by atoms with Crippen LogP contribution in [0, 0.1) is 0 Å². The number of hydrogen-bond donors (Lipinski definition) is 7. The Morgan fingerprint density at radius 2 is 1.41 bits per heavy atom. The molecule has 0 radical (unpaired) electrons. The molecule has 5 rings (SSSR count). The smallest absolute Gasteiger partial charge is 0.492 e. The van der Waals surface area contributed by atoms with Crippen molar-refractivity contribution in [2.24, 2.45) is 17.2 Å². The average molecular weight is 981 g/mol. The zero-order valence-corrected chi connectivity index (χ0v) is 39.4. The van der Waals surface area contributed by atoms with Crippen molar-refractivity contribution < 1.29 is 55.0 Å². The number of unbranched alkanes of at least 4 members (excludes halogenated alkanes) is 1. The second-order valence-corrected chi connectivity index (χ2v) is 18.1. The van der Waals surface area contributed by atoms with Gasteiger partial charge in [-0.2, -0.15) is 21.6 Å². The predicted octanol–water partition coefficient (Wildman–Crippen LogP) is 3.59. The van der Waals surface area contributed by atoms with Crippen molar-refractivity contribution in [1.29, 1.82) is 0 Å². The molecule has 17 nitrogen and oxygen atoms in total. The van der Waals surface area contributed by atoms with E-state index < -0.39 is 75.7 Å². The van der Waals surface area contributed by atoms with Crippen LogP contribution in [0.4, 0.5) is 13.2 Å². The molecule has 0 aromatic heterocycles. The minimum atomic E-state index is -6.21. The maximum atomic E-state index is 14.7. The van der Waals surface area contributed by atoms with Crippen LogP contribution in [0.3, 0.4) is 0 Å². The van der Waals surface area contributed by atoms with Crippen LogP contribution in [0.25, 0.3) is 22.3 Å². The number of amides is 5. The number of rotatable bonds is 19. The molecule has 1 aliphatic heterocycles. The topological polar surface area (TPSA) is 267 Å². The van der Waals surface area contributed by atoms with Gasteiger partial charge in [0.15, 0.2) is 0 Å². The van der Waals surface area contributed by atoms with Gasteiger partial charge in [-0.05, 0) is 103 Å². The standard InChI is InChI=1S/C48H59F3N8O9S/c1-4-5-7-30-9-12-32(13-10-30)33-14-16-34(17-15-33)44(61)56-38(8-6-21-52)47(64)59(3)42-35-18-20-41(68-25-23-54)37(28-35)36-26-31(11-19-40(36)67-24-22-53)27-39(57-43(60)29(2)55-46(42)63)45(62)58-69(65,66)48(49,50)51/h9-20,26,28-29,38-39,42H,4-8,21-25,27,52-54H2,1-3H3,(H,55,63)(H,56,61)(H,57,60)(H,58,62). The maximum Gasteiger partial charge on any atom is 0.516 e. The third-order valence-electron chi connectivity index (χ3n) is 11.3. The lowest BCUT2D eigenvalue weighted by molar-refractivity contribution is -0.141. The Morgan fingerprint density at radius 3 is 1.99 bits per heavy atom. The van der Waals surface area contributed by atoms with Crippen LogP contribution < -0.4 is 47.3 Å². The van der Waals surface area contributed by atoms with Gasteiger partial charge in [-0.3, -0.25) is 24.0 Å². The van der Waals surface area contributed by atoms with Crippen molar-refractivity contribution in [3.05, 3.63) is 107 Å². The molecule has 0 aliphatic carbocycles. The number of hydrogen-bond acceptors (Lipinski definition) is 12. The van der Waals surface area contributed by atoms with Gasteiger partial charge in [-0.1, -0.05) is 61.9 Å². The van der Waals surface area contributed by atoms with Crippen molar-refractivity contribution in [2.45, 2.75) is 82.0 Å². The summed E-state index contributed by atoms with van der Waals surface area (Å²) in [6.07, 6.45) is 2.98. The number of sulfonamides is 1. The molecule has 0 spiro atoms. The highest BCUT2D eigenvalue weighted by atomic mass is 32.2. The molecular formula is C48H59F3N8O9S. The first kappa shape index (κ1) is 53.4. The number of fused-ring (bicyclic) bond motifs is 5. The van der Waals surface area contributed by atoms with Gasteiger partial charge in [0.25, 0.3) is 11.8 Å². The summed E-state index contributed by atoms with van der Waals surface area (Å²) in [7, 11) is -4.88. The summed E-state index contributed by atoms with van der Waals surface area (Å²) in [5.41, 5.74) is 15.8. The van der Waals surface area contributed by atoms with Gasteiger partial charge in [-0.25, -0.2) is 4.72 Å². The first-order chi connectivity index (χ1) is 32.8. The summed E-state index contributed by atoms with van der Waals surface area (Å²) in [6, 6.07) is 17.9. The largest absolute Gasteiger partial charge is 0.516 e. The quantitative estimate of drug-likeness (QED) is 0.0711. The lowest BCUT2D eigenvalue weighted by atomic mass is 9.93. The van der Waals surface area contributed by atoms with Gasteiger partial charge in [0.1, 0.15) is 48.9 Å². The van der Waals surface area contributed by atoms with E-state index in [9.17, 15) is 45.6 Å². The van der Waals surface area contributed by atoms with Crippen LogP contribution >= 0.6 is 0 Å². The van der Waals surface area contributed by atoms with E-state index in [1.807, 2.05) is 12.1 Å². The minimum Gasteiger partial charge on any atom is -0.492 e. The van der Waals surface area contributed by atoms with E-state index in [4.69, 9.17) is 26.7 Å². The Balaban J connectivity index is 1.56. The lowest BCUT2D eigenvalue weighted by Crippen LogP contribution is -2.56. The number of carbonyl (C=O) groups excluding carboxylic acids is 5. The normalized spacial score (nSPS) is 16.8. The highest BCUT2D eigenvalue weighted by molar-refractivity contribution is 7.90. The fourth-order valence-corrected chi connectivity index (χ4v) is 8.12. The number of benzene rings is 4. The van der Waals surface area contributed by atoms with E-state index in [0.717, 1.165) is 40.0 Å². The summed E-state index contributed by atoms with van der Waals surface area (Å²) in [5.74, 6) is -4.61. The Bertz CT molecular complexity index is 2560. The molecule has 4 bridgehead atoms. The Hall–Kier alpha value is -6.55. The Kier molecular flexibility index (Phi) is 18.7. The van der Waals surface area contributed by atoms with Crippen molar-refractivity contribution in [2.75, 3.05) is 39.9 Å². The first-order valence-corrected chi connectivity index (χ1v) is 23.9. The molecule has 0 saturated carbocycles. The molecule has 4 unspecified atom stereocenters. The fourth-order valence-electron chi connectivity index (χ4n) is 7.60. The van der Waals surface area contributed by atoms with E-state index >= 15 is 0 Å². The van der Waals surface area contributed by atoms with Crippen molar-refractivity contribution in [1.82, 2.24) is 25.6 Å². The predicted molar refractivity (Wildman–Crippen MR) is 253 cm³/mol. The third kappa shape index (κ3) is 13.8. The monoisotopic (exact) mass is 980 g/mol. The molecule has 372 valence electrons.